The lowest BCUT2D eigenvalue weighted by molar-refractivity contribution is 0.414. The maximum atomic E-state index is 6.34. The number of benzene rings is 2. The SMILES string of the molecule is COc1ccc([C@@H]2[C@@H](C)C=NN2c2ccc(Cl)cc2Cl)cc1. The maximum Gasteiger partial charge on any atom is 0.118 e. The van der Waals surface area contributed by atoms with Crippen LogP contribution in [0.15, 0.2) is 47.6 Å². The van der Waals surface area contributed by atoms with Gasteiger partial charge in [0.05, 0.1) is 23.9 Å². The van der Waals surface area contributed by atoms with Gasteiger partial charge in [-0.3, -0.25) is 5.01 Å². The fourth-order valence-corrected chi connectivity index (χ4v) is 3.17. The number of halogens is 2. The molecule has 0 saturated heterocycles. The molecule has 0 amide bonds. The lowest BCUT2D eigenvalue weighted by Gasteiger charge is -2.27. The van der Waals surface area contributed by atoms with E-state index >= 15 is 0 Å². The second-order valence-corrected chi connectivity index (χ2v) is 6.13. The number of hydrogen-bond donors (Lipinski definition) is 0. The predicted molar refractivity (Wildman–Crippen MR) is 92.3 cm³/mol. The molecular formula is C17H16Cl2N2O. The zero-order chi connectivity index (χ0) is 15.7. The van der Waals surface area contributed by atoms with E-state index in [1.807, 2.05) is 35.5 Å². The first-order chi connectivity index (χ1) is 10.6. The van der Waals surface area contributed by atoms with Crippen LogP contribution in [0, 0.1) is 5.92 Å². The van der Waals surface area contributed by atoms with Crippen LogP contribution in [0.2, 0.25) is 10.0 Å². The standard InChI is InChI=1S/C17H16Cl2N2O/c1-11-10-20-21(16-8-5-13(18)9-15(16)19)17(11)12-3-6-14(22-2)7-4-12/h3-11,17H,1-2H3/t11-,17-/m0/s1. The molecule has 0 aromatic heterocycles. The highest BCUT2D eigenvalue weighted by molar-refractivity contribution is 6.36. The number of hydrogen-bond acceptors (Lipinski definition) is 3. The van der Waals surface area contributed by atoms with E-state index in [1.54, 1.807) is 13.2 Å². The normalized spacial score (nSPS) is 20.5. The predicted octanol–water partition coefficient (Wildman–Crippen LogP) is 5.19. The Labute approximate surface area is 140 Å². The van der Waals surface area contributed by atoms with Crippen LogP contribution < -0.4 is 9.75 Å². The van der Waals surface area contributed by atoms with Gasteiger partial charge in [-0.2, -0.15) is 5.10 Å². The van der Waals surface area contributed by atoms with Crippen LogP contribution in [0.4, 0.5) is 5.69 Å². The Balaban J connectivity index is 1.97. The van der Waals surface area contributed by atoms with Crippen LogP contribution in [0.5, 0.6) is 5.75 Å². The molecule has 0 bridgehead atoms. The van der Waals surface area contributed by atoms with Crippen molar-refractivity contribution in [3.8, 4) is 5.75 Å². The van der Waals surface area contributed by atoms with Gasteiger partial charge < -0.3 is 4.74 Å². The van der Waals surface area contributed by atoms with Gasteiger partial charge in [-0.05, 0) is 35.9 Å². The molecule has 3 nitrogen and oxygen atoms in total. The van der Waals surface area contributed by atoms with Gasteiger partial charge in [0.2, 0.25) is 0 Å². The molecule has 22 heavy (non-hydrogen) atoms. The van der Waals surface area contributed by atoms with E-state index < -0.39 is 0 Å². The topological polar surface area (TPSA) is 24.8 Å². The minimum absolute atomic E-state index is 0.101. The first kappa shape index (κ1) is 15.2. The molecule has 2 aromatic carbocycles. The summed E-state index contributed by atoms with van der Waals surface area (Å²) in [6, 6.07) is 13.6. The molecule has 3 rings (SSSR count). The molecule has 1 aliphatic heterocycles. The van der Waals surface area contributed by atoms with E-state index in [0.29, 0.717) is 10.0 Å². The summed E-state index contributed by atoms with van der Waals surface area (Å²) in [6.07, 6.45) is 1.94. The first-order valence-electron chi connectivity index (χ1n) is 7.02. The molecule has 0 N–H and O–H groups in total. The average Bonchev–Trinajstić information content (AvgIpc) is 2.89. The highest BCUT2D eigenvalue weighted by atomic mass is 35.5. The van der Waals surface area contributed by atoms with Crippen molar-refractivity contribution < 1.29 is 4.74 Å². The van der Waals surface area contributed by atoms with Gasteiger partial charge >= 0.3 is 0 Å². The van der Waals surface area contributed by atoms with Crippen molar-refractivity contribution in [2.45, 2.75) is 13.0 Å². The van der Waals surface area contributed by atoms with Crippen molar-refractivity contribution in [2.75, 3.05) is 12.1 Å². The lowest BCUT2D eigenvalue weighted by atomic mass is 9.95. The van der Waals surface area contributed by atoms with Crippen molar-refractivity contribution in [2.24, 2.45) is 11.0 Å². The van der Waals surface area contributed by atoms with Gasteiger partial charge in [-0.15, -0.1) is 0 Å². The zero-order valence-electron chi connectivity index (χ0n) is 12.3. The van der Waals surface area contributed by atoms with E-state index in [4.69, 9.17) is 27.9 Å². The zero-order valence-corrected chi connectivity index (χ0v) is 13.8. The van der Waals surface area contributed by atoms with E-state index in [1.165, 1.54) is 0 Å². The summed E-state index contributed by atoms with van der Waals surface area (Å²) in [7, 11) is 1.66. The maximum absolute atomic E-state index is 6.34. The Morgan fingerprint density at radius 3 is 2.45 bits per heavy atom. The molecule has 0 unspecified atom stereocenters. The number of nitrogens with zero attached hydrogens (tertiary/aromatic N) is 2. The third-order valence-corrected chi connectivity index (χ3v) is 4.34. The fraction of sp³-hybridized carbons (Fsp3) is 0.235. The Morgan fingerprint density at radius 2 is 1.82 bits per heavy atom. The summed E-state index contributed by atoms with van der Waals surface area (Å²) >= 11 is 12.3. The summed E-state index contributed by atoms with van der Waals surface area (Å²) in [6.45, 7) is 2.14. The monoisotopic (exact) mass is 334 g/mol. The van der Waals surface area contributed by atoms with Crippen molar-refractivity contribution in [3.05, 3.63) is 58.1 Å². The summed E-state index contributed by atoms with van der Waals surface area (Å²) in [4.78, 5) is 0. The van der Waals surface area contributed by atoms with Gasteiger partial charge in [0, 0.05) is 17.2 Å². The second kappa shape index (κ2) is 6.19. The van der Waals surface area contributed by atoms with Crippen LogP contribution in [0.3, 0.4) is 0 Å². The number of ether oxygens (including phenoxy) is 1. The molecular weight excluding hydrogens is 319 g/mol. The third-order valence-electron chi connectivity index (χ3n) is 3.80. The lowest BCUT2D eigenvalue weighted by Crippen LogP contribution is -2.23. The summed E-state index contributed by atoms with van der Waals surface area (Å²) < 4.78 is 5.22. The Kier molecular flexibility index (Phi) is 4.27. The molecule has 0 spiro atoms. The molecule has 2 aromatic rings. The van der Waals surface area contributed by atoms with Gasteiger partial charge in [-0.1, -0.05) is 42.3 Å². The Bertz CT molecular complexity index is 700. The molecule has 0 fully saturated rings. The fourth-order valence-electron chi connectivity index (χ4n) is 2.68. The van der Waals surface area contributed by atoms with Gasteiger partial charge in [-0.25, -0.2) is 0 Å². The van der Waals surface area contributed by atoms with Crippen molar-refractivity contribution >= 4 is 35.1 Å². The molecule has 0 radical (unpaired) electrons. The smallest absolute Gasteiger partial charge is 0.118 e. The van der Waals surface area contributed by atoms with Gasteiger partial charge in [0.25, 0.3) is 0 Å². The van der Waals surface area contributed by atoms with E-state index in [-0.39, 0.29) is 12.0 Å². The van der Waals surface area contributed by atoms with Crippen molar-refractivity contribution in [3.63, 3.8) is 0 Å². The third kappa shape index (κ3) is 2.79. The van der Waals surface area contributed by atoms with Crippen molar-refractivity contribution in [1.29, 1.82) is 0 Å². The number of anilines is 1. The summed E-state index contributed by atoms with van der Waals surface area (Å²) in [5.74, 6) is 1.12. The van der Waals surface area contributed by atoms with Gasteiger partial charge in [0.1, 0.15) is 5.75 Å². The van der Waals surface area contributed by atoms with Crippen LogP contribution in [0.1, 0.15) is 18.5 Å². The highest BCUT2D eigenvalue weighted by Crippen LogP contribution is 2.40. The molecule has 2 atom stereocenters. The first-order valence-corrected chi connectivity index (χ1v) is 7.78. The number of rotatable bonds is 3. The second-order valence-electron chi connectivity index (χ2n) is 5.28. The molecule has 1 aliphatic rings. The molecule has 0 aliphatic carbocycles. The summed E-state index contributed by atoms with van der Waals surface area (Å²) in [5.41, 5.74) is 2.02. The minimum Gasteiger partial charge on any atom is -0.497 e. The van der Waals surface area contributed by atoms with Crippen LogP contribution in [-0.4, -0.2) is 13.3 Å². The molecule has 0 saturated carbocycles. The largest absolute Gasteiger partial charge is 0.497 e. The van der Waals surface area contributed by atoms with E-state index in [2.05, 4.69) is 24.2 Å². The van der Waals surface area contributed by atoms with Crippen LogP contribution in [-0.2, 0) is 0 Å². The van der Waals surface area contributed by atoms with E-state index in [0.717, 1.165) is 17.0 Å². The molecule has 5 heteroatoms. The number of methoxy groups -OCH3 is 1. The van der Waals surface area contributed by atoms with E-state index in [9.17, 15) is 0 Å². The van der Waals surface area contributed by atoms with Gasteiger partial charge in [0.15, 0.2) is 0 Å². The molecule has 114 valence electrons. The van der Waals surface area contributed by atoms with Crippen LogP contribution >= 0.6 is 23.2 Å². The highest BCUT2D eigenvalue weighted by Gasteiger charge is 2.31. The summed E-state index contributed by atoms with van der Waals surface area (Å²) in [5, 5.41) is 7.69. The van der Waals surface area contributed by atoms with Crippen molar-refractivity contribution in [1.82, 2.24) is 0 Å². The molecule has 1 heterocycles. The average molecular weight is 335 g/mol. The Hall–Kier alpha value is -1.71. The van der Waals surface area contributed by atoms with Crippen LogP contribution in [0.25, 0.3) is 0 Å². The Morgan fingerprint density at radius 1 is 1.09 bits per heavy atom. The minimum atomic E-state index is 0.101. The number of hydrazone groups is 1. The quantitative estimate of drug-likeness (QED) is 0.771.